The summed E-state index contributed by atoms with van der Waals surface area (Å²) in [5.41, 5.74) is 3.20. The molecule has 3 heteroatoms. The highest BCUT2D eigenvalue weighted by Gasteiger charge is 2.44. The number of esters is 1. The number of ether oxygens (including phenoxy) is 1. The van der Waals surface area contributed by atoms with E-state index in [1.165, 1.54) is 18.1 Å². The third kappa shape index (κ3) is 3.92. The van der Waals surface area contributed by atoms with Crippen LogP contribution in [-0.4, -0.2) is 26.2 Å². The summed E-state index contributed by atoms with van der Waals surface area (Å²) < 4.78 is 5.90. The van der Waals surface area contributed by atoms with Gasteiger partial charge in [-0.15, -0.1) is 0 Å². The first-order valence-corrected chi connectivity index (χ1v) is 9.46. The number of hydrogen-bond acceptors (Lipinski definition) is 3. The van der Waals surface area contributed by atoms with E-state index in [0.717, 1.165) is 24.9 Å². The van der Waals surface area contributed by atoms with Gasteiger partial charge in [0.2, 0.25) is 0 Å². The standard InChI is InChI=1S/C23H31NO2/c1-6-17-23(19-13-9-8-10-14-19,22(7-2)26-18(3)25)20-15-11-12-16-21(20)24(4)5/h8-16,22H,6-7,17H2,1-5H3/t22-,23-/m0/s1. The summed E-state index contributed by atoms with van der Waals surface area (Å²) in [7, 11) is 4.13. The molecule has 140 valence electrons. The smallest absolute Gasteiger partial charge is 0.302 e. The molecule has 26 heavy (non-hydrogen) atoms. The SMILES string of the molecule is CCC[C@](c1ccccc1)(c1ccccc1N(C)C)[C@H](CC)OC(C)=O. The number of nitrogens with zero attached hydrogens (tertiary/aromatic N) is 1. The molecule has 0 fully saturated rings. The Hall–Kier alpha value is -2.29. The zero-order valence-electron chi connectivity index (χ0n) is 16.7. The van der Waals surface area contributed by atoms with Gasteiger partial charge >= 0.3 is 5.97 Å². The van der Waals surface area contributed by atoms with Crippen LogP contribution in [0.1, 0.15) is 51.2 Å². The van der Waals surface area contributed by atoms with Crippen LogP contribution >= 0.6 is 0 Å². The quantitative estimate of drug-likeness (QED) is 0.612. The molecular weight excluding hydrogens is 322 g/mol. The fourth-order valence-electron chi connectivity index (χ4n) is 4.06. The minimum atomic E-state index is -0.378. The van der Waals surface area contributed by atoms with Gasteiger partial charge in [0.15, 0.2) is 0 Å². The van der Waals surface area contributed by atoms with Crippen molar-refractivity contribution in [1.29, 1.82) is 0 Å². The molecule has 0 radical (unpaired) electrons. The molecule has 0 saturated heterocycles. The average molecular weight is 354 g/mol. The molecule has 0 heterocycles. The van der Waals surface area contributed by atoms with Gasteiger partial charge in [-0.25, -0.2) is 0 Å². The van der Waals surface area contributed by atoms with Crippen molar-refractivity contribution in [3.8, 4) is 0 Å². The zero-order chi connectivity index (χ0) is 19.2. The van der Waals surface area contributed by atoms with Crippen molar-refractivity contribution < 1.29 is 9.53 Å². The molecule has 2 aromatic carbocycles. The highest BCUT2D eigenvalue weighted by Crippen LogP contribution is 2.46. The summed E-state index contributed by atoms with van der Waals surface area (Å²) >= 11 is 0. The number of benzene rings is 2. The Bertz CT molecular complexity index is 711. The van der Waals surface area contributed by atoms with E-state index >= 15 is 0 Å². The van der Waals surface area contributed by atoms with Gasteiger partial charge in [-0.05, 0) is 30.0 Å². The van der Waals surface area contributed by atoms with E-state index in [4.69, 9.17) is 4.74 Å². The number of carbonyl (C=O) groups is 1. The van der Waals surface area contributed by atoms with Gasteiger partial charge in [-0.2, -0.15) is 0 Å². The van der Waals surface area contributed by atoms with Gasteiger partial charge < -0.3 is 9.64 Å². The average Bonchev–Trinajstić information content (AvgIpc) is 2.65. The Morgan fingerprint density at radius 1 is 1.04 bits per heavy atom. The molecule has 0 aliphatic rings. The fourth-order valence-corrected chi connectivity index (χ4v) is 4.06. The van der Waals surface area contributed by atoms with Crippen molar-refractivity contribution in [2.24, 2.45) is 0 Å². The maximum absolute atomic E-state index is 11.9. The third-order valence-corrected chi connectivity index (χ3v) is 5.03. The summed E-state index contributed by atoms with van der Waals surface area (Å²) in [6.07, 6.45) is 2.45. The van der Waals surface area contributed by atoms with Gasteiger partial charge in [0, 0.05) is 26.7 Å². The van der Waals surface area contributed by atoms with Crippen molar-refractivity contribution in [2.75, 3.05) is 19.0 Å². The van der Waals surface area contributed by atoms with Crippen LogP contribution in [0.3, 0.4) is 0 Å². The first kappa shape index (κ1) is 20.0. The predicted molar refractivity (Wildman–Crippen MR) is 109 cm³/mol. The largest absolute Gasteiger partial charge is 0.461 e. The van der Waals surface area contributed by atoms with E-state index in [1.54, 1.807) is 0 Å². The van der Waals surface area contributed by atoms with Crippen molar-refractivity contribution in [3.63, 3.8) is 0 Å². The second kappa shape index (κ2) is 8.88. The molecular formula is C23H31NO2. The third-order valence-electron chi connectivity index (χ3n) is 5.03. The molecule has 2 atom stereocenters. The number of carbonyl (C=O) groups excluding carboxylic acids is 1. The molecule has 0 bridgehead atoms. The van der Waals surface area contributed by atoms with Crippen LogP contribution < -0.4 is 4.90 Å². The summed E-state index contributed by atoms with van der Waals surface area (Å²) in [4.78, 5) is 14.1. The number of rotatable bonds is 8. The Morgan fingerprint density at radius 3 is 2.19 bits per heavy atom. The molecule has 0 aliphatic heterocycles. The van der Waals surface area contributed by atoms with Gasteiger partial charge in [-0.3, -0.25) is 4.79 Å². The molecule has 0 spiro atoms. The number of hydrogen-bond donors (Lipinski definition) is 0. The van der Waals surface area contributed by atoms with Crippen LogP contribution in [0.5, 0.6) is 0 Å². The van der Waals surface area contributed by atoms with Crippen LogP contribution in [0, 0.1) is 0 Å². The highest BCUT2D eigenvalue weighted by atomic mass is 16.5. The van der Waals surface area contributed by atoms with Gasteiger partial charge in [0.1, 0.15) is 6.10 Å². The maximum atomic E-state index is 11.9. The van der Waals surface area contributed by atoms with Gasteiger partial charge in [-0.1, -0.05) is 68.8 Å². The molecule has 0 saturated carbocycles. The lowest BCUT2D eigenvalue weighted by molar-refractivity contribution is -0.149. The number of anilines is 1. The monoisotopic (exact) mass is 353 g/mol. The van der Waals surface area contributed by atoms with E-state index in [-0.39, 0.29) is 17.5 Å². The predicted octanol–water partition coefficient (Wildman–Crippen LogP) is 5.18. The topological polar surface area (TPSA) is 29.5 Å². The van der Waals surface area contributed by atoms with E-state index in [2.05, 4.69) is 81.4 Å². The lowest BCUT2D eigenvalue weighted by atomic mass is 9.66. The first-order valence-electron chi connectivity index (χ1n) is 9.46. The van der Waals surface area contributed by atoms with E-state index in [0.29, 0.717) is 0 Å². The van der Waals surface area contributed by atoms with Gasteiger partial charge in [0.05, 0.1) is 5.41 Å². The lowest BCUT2D eigenvalue weighted by Crippen LogP contribution is -2.44. The summed E-state index contributed by atoms with van der Waals surface area (Å²) in [5, 5.41) is 0. The van der Waals surface area contributed by atoms with E-state index < -0.39 is 0 Å². The summed E-state index contributed by atoms with van der Waals surface area (Å²) in [6, 6.07) is 19.0. The Labute approximate surface area is 158 Å². The second-order valence-corrected chi connectivity index (χ2v) is 7.01. The molecule has 0 aliphatic carbocycles. The highest BCUT2D eigenvalue weighted by molar-refractivity contribution is 5.67. The molecule has 0 N–H and O–H groups in total. The molecule has 2 rings (SSSR count). The zero-order valence-corrected chi connectivity index (χ0v) is 16.7. The lowest BCUT2D eigenvalue weighted by Gasteiger charge is -2.42. The van der Waals surface area contributed by atoms with Crippen LogP contribution in [0.15, 0.2) is 54.6 Å². The molecule has 2 aromatic rings. The van der Waals surface area contributed by atoms with Crippen molar-refractivity contribution in [1.82, 2.24) is 0 Å². The molecule has 0 aromatic heterocycles. The Morgan fingerprint density at radius 2 is 1.65 bits per heavy atom. The van der Waals surface area contributed by atoms with Crippen LogP contribution in [0.4, 0.5) is 5.69 Å². The summed E-state index contributed by atoms with van der Waals surface area (Å²) in [5.74, 6) is -0.226. The minimum absolute atomic E-state index is 0.219. The minimum Gasteiger partial charge on any atom is -0.461 e. The summed E-state index contributed by atoms with van der Waals surface area (Å²) in [6.45, 7) is 5.79. The van der Waals surface area contributed by atoms with Crippen LogP contribution in [-0.2, 0) is 14.9 Å². The van der Waals surface area contributed by atoms with Crippen LogP contribution in [0.25, 0.3) is 0 Å². The molecule has 0 unspecified atom stereocenters. The van der Waals surface area contributed by atoms with Crippen LogP contribution in [0.2, 0.25) is 0 Å². The maximum Gasteiger partial charge on any atom is 0.302 e. The first-order chi connectivity index (χ1) is 12.5. The van der Waals surface area contributed by atoms with Crippen molar-refractivity contribution in [3.05, 3.63) is 65.7 Å². The molecule has 0 amide bonds. The Kier molecular flexibility index (Phi) is 6.84. The van der Waals surface area contributed by atoms with E-state index in [9.17, 15) is 4.79 Å². The van der Waals surface area contributed by atoms with Crippen molar-refractivity contribution in [2.45, 2.75) is 51.6 Å². The van der Waals surface area contributed by atoms with E-state index in [1.807, 2.05) is 6.07 Å². The normalized spacial score (nSPS) is 14.3. The Balaban J connectivity index is 2.81. The number of para-hydroxylation sites is 1. The van der Waals surface area contributed by atoms with Crippen molar-refractivity contribution >= 4 is 11.7 Å². The van der Waals surface area contributed by atoms with Gasteiger partial charge in [0.25, 0.3) is 0 Å². The second-order valence-electron chi connectivity index (χ2n) is 7.01. The molecule has 3 nitrogen and oxygen atoms in total. The fraction of sp³-hybridized carbons (Fsp3) is 0.435.